The summed E-state index contributed by atoms with van der Waals surface area (Å²) in [5.74, 6) is 1.21. The van der Waals surface area contributed by atoms with Crippen LogP contribution in [-0.2, 0) is 9.53 Å². The normalized spacial score (nSPS) is 17.8. The maximum Gasteiger partial charge on any atom is 0.253 e. The van der Waals surface area contributed by atoms with Crippen molar-refractivity contribution in [3.05, 3.63) is 48.9 Å². The molecule has 2 aliphatic rings. The summed E-state index contributed by atoms with van der Waals surface area (Å²) in [4.78, 5) is 22.9. The molecule has 190 valence electrons. The van der Waals surface area contributed by atoms with Crippen LogP contribution in [-0.4, -0.2) is 72.1 Å². The number of hydrogen-bond donors (Lipinski definition) is 3. The van der Waals surface area contributed by atoms with E-state index in [9.17, 15) is 4.79 Å². The Labute approximate surface area is 211 Å². The second-order valence-corrected chi connectivity index (χ2v) is 9.38. The molecule has 2 aromatic heterocycles. The summed E-state index contributed by atoms with van der Waals surface area (Å²) in [6, 6.07) is 9.90. The Balaban J connectivity index is 1.26. The van der Waals surface area contributed by atoms with Crippen LogP contribution >= 0.6 is 0 Å². The number of anilines is 3. The summed E-state index contributed by atoms with van der Waals surface area (Å²) < 4.78 is 7.29. The predicted molar refractivity (Wildman–Crippen MR) is 139 cm³/mol. The molecule has 0 spiro atoms. The maximum absolute atomic E-state index is 12.1. The number of amides is 1. The van der Waals surface area contributed by atoms with Crippen LogP contribution in [0.4, 0.5) is 17.3 Å². The first-order chi connectivity index (χ1) is 17.7. The van der Waals surface area contributed by atoms with Crippen molar-refractivity contribution in [1.82, 2.24) is 30.4 Å². The van der Waals surface area contributed by atoms with Gasteiger partial charge in [0, 0.05) is 42.4 Å². The molecule has 10 heteroatoms. The quantitative estimate of drug-likeness (QED) is 0.420. The Morgan fingerprint density at radius 1 is 1.19 bits per heavy atom. The zero-order valence-corrected chi connectivity index (χ0v) is 20.7. The van der Waals surface area contributed by atoms with Crippen LogP contribution in [0.1, 0.15) is 25.3 Å². The van der Waals surface area contributed by atoms with E-state index in [0.717, 1.165) is 54.6 Å². The second-order valence-electron chi connectivity index (χ2n) is 9.38. The molecule has 2 aliphatic heterocycles. The lowest BCUT2D eigenvalue weighted by atomic mass is 9.91. The van der Waals surface area contributed by atoms with Gasteiger partial charge in [0.25, 0.3) is 5.91 Å². The smallest absolute Gasteiger partial charge is 0.253 e. The predicted octanol–water partition coefficient (Wildman–Crippen LogP) is 2.60. The lowest BCUT2D eigenvalue weighted by Crippen LogP contribution is -2.41. The van der Waals surface area contributed by atoms with Crippen LogP contribution in [0.15, 0.2) is 48.9 Å². The molecule has 0 bridgehead atoms. The van der Waals surface area contributed by atoms with Crippen LogP contribution in [0.3, 0.4) is 0 Å². The minimum Gasteiger partial charge on any atom is -0.370 e. The Bertz CT molecular complexity index is 1140. The molecule has 0 radical (unpaired) electrons. The number of morpholine rings is 1. The molecule has 5 rings (SSSR count). The summed E-state index contributed by atoms with van der Waals surface area (Å²) in [5.41, 5.74) is 3.49. The van der Waals surface area contributed by atoms with Crippen LogP contribution in [0.25, 0.3) is 11.3 Å². The van der Waals surface area contributed by atoms with Gasteiger partial charge >= 0.3 is 0 Å². The summed E-state index contributed by atoms with van der Waals surface area (Å²) in [6.45, 7) is 4.34. The Morgan fingerprint density at radius 2 is 2.03 bits per heavy atom. The van der Waals surface area contributed by atoms with Crippen molar-refractivity contribution in [2.75, 3.05) is 56.7 Å². The second kappa shape index (κ2) is 11.6. The first kappa shape index (κ1) is 24.4. The summed E-state index contributed by atoms with van der Waals surface area (Å²) in [7, 11) is 1.99. The van der Waals surface area contributed by atoms with Crippen molar-refractivity contribution in [3.8, 4) is 11.3 Å². The average molecular weight is 491 g/mol. The molecule has 1 aromatic carbocycles. The van der Waals surface area contributed by atoms with E-state index in [2.05, 4.69) is 31.8 Å². The highest BCUT2D eigenvalue weighted by molar-refractivity contribution is 5.95. The standard InChI is InChI=1S/C26H34N8O2/c1-27-16-23(14-19-6-9-28-10-7-19)34-17-20(15-30-34)24-8-11-29-26(32-24)31-21-2-4-22(5-3-21)33-12-13-36-18-25(33)35/h2-5,8,11,15,17,19,23,27-28H,6-7,9-10,12-14,16,18H2,1H3,(H,29,31,32). The van der Waals surface area contributed by atoms with Gasteiger partial charge in [-0.25, -0.2) is 9.97 Å². The highest BCUT2D eigenvalue weighted by Crippen LogP contribution is 2.26. The van der Waals surface area contributed by atoms with Crippen molar-refractivity contribution >= 4 is 23.2 Å². The lowest BCUT2D eigenvalue weighted by Gasteiger charge is -2.27. The number of likely N-dealkylation sites (N-methyl/N-ethyl adjacent to an activating group) is 1. The van der Waals surface area contributed by atoms with Gasteiger partial charge in [-0.1, -0.05) is 0 Å². The third-order valence-electron chi connectivity index (χ3n) is 6.85. The number of nitrogens with one attached hydrogen (secondary N) is 3. The van der Waals surface area contributed by atoms with Gasteiger partial charge < -0.3 is 25.6 Å². The fourth-order valence-corrected chi connectivity index (χ4v) is 4.92. The van der Waals surface area contributed by atoms with Gasteiger partial charge in [-0.05, 0) is 75.6 Å². The molecule has 0 aliphatic carbocycles. The zero-order valence-electron chi connectivity index (χ0n) is 20.7. The maximum atomic E-state index is 12.1. The Morgan fingerprint density at radius 3 is 2.81 bits per heavy atom. The van der Waals surface area contributed by atoms with Crippen LogP contribution in [0, 0.1) is 5.92 Å². The lowest BCUT2D eigenvalue weighted by molar-refractivity contribution is -0.125. The van der Waals surface area contributed by atoms with Gasteiger partial charge in [0.05, 0.1) is 24.5 Å². The van der Waals surface area contributed by atoms with Gasteiger partial charge in [-0.3, -0.25) is 9.48 Å². The third-order valence-corrected chi connectivity index (χ3v) is 6.85. The largest absolute Gasteiger partial charge is 0.370 e. The fourth-order valence-electron chi connectivity index (χ4n) is 4.92. The van der Waals surface area contributed by atoms with E-state index in [-0.39, 0.29) is 12.5 Å². The van der Waals surface area contributed by atoms with E-state index in [0.29, 0.717) is 25.1 Å². The highest BCUT2D eigenvalue weighted by Gasteiger charge is 2.21. The number of aromatic nitrogens is 4. The summed E-state index contributed by atoms with van der Waals surface area (Å²) in [6.07, 6.45) is 9.28. The number of carbonyl (C=O) groups is 1. The molecule has 10 nitrogen and oxygen atoms in total. The van der Waals surface area contributed by atoms with Crippen LogP contribution in [0.5, 0.6) is 0 Å². The van der Waals surface area contributed by atoms with Gasteiger partial charge in [0.2, 0.25) is 5.95 Å². The minimum atomic E-state index is -0.0220. The number of carbonyl (C=O) groups excluding carboxylic acids is 1. The van der Waals surface area contributed by atoms with Crippen molar-refractivity contribution < 1.29 is 9.53 Å². The monoisotopic (exact) mass is 490 g/mol. The van der Waals surface area contributed by atoms with E-state index >= 15 is 0 Å². The van der Waals surface area contributed by atoms with E-state index in [4.69, 9.17) is 14.8 Å². The third kappa shape index (κ3) is 5.89. The molecule has 2 fully saturated rings. The number of hydrogen-bond acceptors (Lipinski definition) is 8. The number of ether oxygens (including phenoxy) is 1. The number of benzene rings is 1. The molecule has 1 unspecified atom stereocenters. The minimum absolute atomic E-state index is 0.0220. The van der Waals surface area contributed by atoms with E-state index in [1.807, 2.05) is 43.6 Å². The molecule has 2 saturated heterocycles. The first-order valence-corrected chi connectivity index (χ1v) is 12.7. The SMILES string of the molecule is CNCC(CC1CCNCC1)n1cc(-c2ccnc(Nc3ccc(N4CCOCC4=O)cc3)n2)cn1. The molecule has 3 N–H and O–H groups in total. The van der Waals surface area contributed by atoms with E-state index in [1.165, 1.54) is 12.8 Å². The highest BCUT2D eigenvalue weighted by atomic mass is 16.5. The van der Waals surface area contributed by atoms with Crippen molar-refractivity contribution in [2.24, 2.45) is 5.92 Å². The molecular formula is C26H34N8O2. The summed E-state index contributed by atoms with van der Waals surface area (Å²) in [5, 5.41) is 14.7. The van der Waals surface area contributed by atoms with Gasteiger partial charge in [0.15, 0.2) is 0 Å². The van der Waals surface area contributed by atoms with Crippen molar-refractivity contribution in [3.63, 3.8) is 0 Å². The van der Waals surface area contributed by atoms with Gasteiger partial charge in [0.1, 0.15) is 6.61 Å². The molecule has 36 heavy (non-hydrogen) atoms. The van der Waals surface area contributed by atoms with Gasteiger partial charge in [-0.15, -0.1) is 0 Å². The zero-order chi connectivity index (χ0) is 24.7. The van der Waals surface area contributed by atoms with Gasteiger partial charge in [-0.2, -0.15) is 5.10 Å². The fraction of sp³-hybridized carbons (Fsp3) is 0.462. The van der Waals surface area contributed by atoms with Crippen molar-refractivity contribution in [2.45, 2.75) is 25.3 Å². The number of piperidine rings is 1. The van der Waals surface area contributed by atoms with Crippen molar-refractivity contribution in [1.29, 1.82) is 0 Å². The first-order valence-electron chi connectivity index (χ1n) is 12.7. The number of rotatable bonds is 9. The molecular weight excluding hydrogens is 456 g/mol. The molecule has 1 atom stereocenters. The van der Waals surface area contributed by atoms with E-state index < -0.39 is 0 Å². The average Bonchev–Trinajstić information content (AvgIpc) is 3.41. The van der Waals surface area contributed by atoms with Crippen LogP contribution < -0.4 is 20.9 Å². The molecule has 3 aromatic rings. The number of nitrogens with zero attached hydrogens (tertiary/aromatic N) is 5. The Kier molecular flexibility index (Phi) is 7.85. The Hall–Kier alpha value is -3.34. The van der Waals surface area contributed by atoms with E-state index in [1.54, 1.807) is 11.1 Å². The molecule has 1 amide bonds. The molecule has 0 saturated carbocycles. The van der Waals surface area contributed by atoms with Crippen LogP contribution in [0.2, 0.25) is 0 Å². The molecule has 4 heterocycles. The summed E-state index contributed by atoms with van der Waals surface area (Å²) >= 11 is 0. The topological polar surface area (TPSA) is 109 Å².